The molecule has 0 amide bonds. The molecule has 0 saturated heterocycles. The van der Waals surface area contributed by atoms with E-state index in [-0.39, 0.29) is 5.92 Å². The molecule has 0 saturated carbocycles. The van der Waals surface area contributed by atoms with Gasteiger partial charge in [0.05, 0.1) is 0 Å². The van der Waals surface area contributed by atoms with E-state index in [1.54, 1.807) is 0 Å². The molecular formula is C14H24O4. The van der Waals surface area contributed by atoms with Crippen LogP contribution in [-0.2, 0) is 9.59 Å². The lowest BCUT2D eigenvalue weighted by Gasteiger charge is -2.10. The van der Waals surface area contributed by atoms with Crippen LogP contribution in [0.3, 0.4) is 0 Å². The van der Waals surface area contributed by atoms with E-state index < -0.39 is 11.9 Å². The second kappa shape index (κ2) is 11.9. The zero-order chi connectivity index (χ0) is 14.6. The highest BCUT2D eigenvalue weighted by Gasteiger charge is 2.12. The van der Waals surface area contributed by atoms with Gasteiger partial charge in [0.25, 0.3) is 0 Å². The summed E-state index contributed by atoms with van der Waals surface area (Å²) in [6.07, 6.45) is 6.56. The van der Waals surface area contributed by atoms with E-state index in [2.05, 4.69) is 20.1 Å². The molecule has 0 rings (SSSR count). The summed E-state index contributed by atoms with van der Waals surface area (Å²) >= 11 is 0. The molecule has 1 unspecified atom stereocenters. The molecule has 4 heteroatoms. The first-order valence-corrected chi connectivity index (χ1v) is 6.14. The zero-order valence-electron chi connectivity index (χ0n) is 11.3. The molecule has 0 aromatic heterocycles. The second-order valence-corrected chi connectivity index (χ2v) is 4.12. The number of hydrogen-bond acceptors (Lipinski definition) is 2. The molecule has 18 heavy (non-hydrogen) atoms. The van der Waals surface area contributed by atoms with Crippen LogP contribution < -0.4 is 0 Å². The summed E-state index contributed by atoms with van der Waals surface area (Å²) in [5.74, 6) is -1.72. The summed E-state index contributed by atoms with van der Waals surface area (Å²) < 4.78 is 0. The number of carboxylic acid groups (broad SMARTS) is 2. The monoisotopic (exact) mass is 256 g/mol. The summed E-state index contributed by atoms with van der Waals surface area (Å²) in [6, 6.07) is 0. The van der Waals surface area contributed by atoms with Gasteiger partial charge in [-0.05, 0) is 12.3 Å². The van der Waals surface area contributed by atoms with Crippen LogP contribution in [-0.4, -0.2) is 22.2 Å². The average Bonchev–Trinajstić information content (AvgIpc) is 2.33. The largest absolute Gasteiger partial charge is 0.478 e. The van der Waals surface area contributed by atoms with Crippen molar-refractivity contribution in [3.63, 3.8) is 0 Å². The lowest BCUT2D eigenvalue weighted by Crippen LogP contribution is -2.08. The molecule has 104 valence electrons. The van der Waals surface area contributed by atoms with Crippen LogP contribution in [0.2, 0.25) is 0 Å². The molecule has 2 N–H and O–H groups in total. The van der Waals surface area contributed by atoms with E-state index in [1.807, 2.05) is 6.92 Å². The fourth-order valence-corrected chi connectivity index (χ4v) is 1.26. The Bertz CT molecular complexity index is 282. The second-order valence-electron chi connectivity index (χ2n) is 4.12. The summed E-state index contributed by atoms with van der Waals surface area (Å²) in [5, 5.41) is 16.3. The van der Waals surface area contributed by atoms with Gasteiger partial charge in [-0.25, -0.2) is 9.59 Å². The predicted molar refractivity (Wildman–Crippen MR) is 72.5 cm³/mol. The van der Waals surface area contributed by atoms with Gasteiger partial charge in [-0.3, -0.25) is 0 Å². The standard InChI is InChI=1S/C11H20O2.C3H4O2/c1-4-5-6-7-8-9(2)10(3)11(12)13;1-2-3(4)5/h9H,3-8H2,1-2H3,(H,12,13);2H,1H2,(H,4,5). The third-order valence-electron chi connectivity index (χ3n) is 2.53. The van der Waals surface area contributed by atoms with E-state index >= 15 is 0 Å². The summed E-state index contributed by atoms with van der Waals surface area (Å²) in [4.78, 5) is 19.8. The van der Waals surface area contributed by atoms with Crippen molar-refractivity contribution in [3.8, 4) is 0 Å². The Kier molecular flexibility index (Phi) is 12.4. The minimum atomic E-state index is -0.981. The number of aliphatic carboxylic acids is 2. The van der Waals surface area contributed by atoms with E-state index in [4.69, 9.17) is 10.2 Å². The SMILES string of the molecule is C=C(C(=O)O)C(C)CCCCCC.C=CC(=O)O. The number of carboxylic acids is 2. The number of unbranched alkanes of at least 4 members (excludes halogenated alkanes) is 3. The Balaban J connectivity index is 0. The lowest BCUT2D eigenvalue weighted by molar-refractivity contribution is -0.133. The first kappa shape index (κ1) is 18.8. The molecule has 0 aromatic rings. The van der Waals surface area contributed by atoms with Gasteiger partial charge in [0.2, 0.25) is 0 Å². The molecule has 0 bridgehead atoms. The highest BCUT2D eigenvalue weighted by atomic mass is 16.4. The molecule has 0 radical (unpaired) electrons. The molecule has 0 spiro atoms. The zero-order valence-corrected chi connectivity index (χ0v) is 11.3. The van der Waals surface area contributed by atoms with Crippen molar-refractivity contribution in [2.45, 2.75) is 46.0 Å². The van der Waals surface area contributed by atoms with Crippen LogP contribution in [0.4, 0.5) is 0 Å². The first-order chi connectivity index (χ1) is 8.36. The van der Waals surface area contributed by atoms with Gasteiger partial charge in [0.1, 0.15) is 0 Å². The molecule has 4 nitrogen and oxygen atoms in total. The first-order valence-electron chi connectivity index (χ1n) is 6.14. The molecule has 0 fully saturated rings. The van der Waals surface area contributed by atoms with Crippen LogP contribution >= 0.6 is 0 Å². The van der Waals surface area contributed by atoms with Crippen molar-refractivity contribution in [2.75, 3.05) is 0 Å². The predicted octanol–water partition coefficient (Wildman–Crippen LogP) is 3.49. The number of carbonyl (C=O) groups is 2. The summed E-state index contributed by atoms with van der Waals surface area (Å²) in [7, 11) is 0. The Labute approximate surface area is 109 Å². The van der Waals surface area contributed by atoms with Crippen molar-refractivity contribution in [1.82, 2.24) is 0 Å². The van der Waals surface area contributed by atoms with Crippen molar-refractivity contribution in [2.24, 2.45) is 5.92 Å². The Morgan fingerprint density at radius 1 is 1.22 bits per heavy atom. The maximum absolute atomic E-state index is 10.5. The smallest absolute Gasteiger partial charge is 0.331 e. The third-order valence-corrected chi connectivity index (χ3v) is 2.53. The van der Waals surface area contributed by atoms with E-state index in [0.29, 0.717) is 5.57 Å². The van der Waals surface area contributed by atoms with Crippen LogP contribution in [0.25, 0.3) is 0 Å². The fourth-order valence-electron chi connectivity index (χ4n) is 1.26. The quantitative estimate of drug-likeness (QED) is 0.515. The maximum Gasteiger partial charge on any atom is 0.331 e. The molecule has 0 heterocycles. The molecule has 0 aliphatic carbocycles. The van der Waals surface area contributed by atoms with E-state index in [0.717, 1.165) is 18.9 Å². The van der Waals surface area contributed by atoms with Crippen molar-refractivity contribution in [3.05, 3.63) is 24.8 Å². The average molecular weight is 256 g/mol. The van der Waals surface area contributed by atoms with Gasteiger partial charge < -0.3 is 10.2 Å². The number of hydrogen-bond donors (Lipinski definition) is 2. The fraction of sp³-hybridized carbons (Fsp3) is 0.571. The van der Waals surface area contributed by atoms with Gasteiger partial charge in [0.15, 0.2) is 0 Å². The van der Waals surface area contributed by atoms with Crippen LogP contribution in [0.5, 0.6) is 0 Å². The van der Waals surface area contributed by atoms with Gasteiger partial charge >= 0.3 is 11.9 Å². The molecule has 0 aliphatic rings. The van der Waals surface area contributed by atoms with Crippen molar-refractivity contribution in [1.29, 1.82) is 0 Å². The van der Waals surface area contributed by atoms with Gasteiger partial charge in [-0.1, -0.05) is 52.7 Å². The van der Waals surface area contributed by atoms with E-state index in [9.17, 15) is 9.59 Å². The molecule has 1 atom stereocenters. The minimum Gasteiger partial charge on any atom is -0.478 e. The van der Waals surface area contributed by atoms with Crippen LogP contribution in [0.15, 0.2) is 24.8 Å². The minimum absolute atomic E-state index is 0.120. The van der Waals surface area contributed by atoms with Crippen molar-refractivity contribution >= 4 is 11.9 Å². The maximum atomic E-state index is 10.5. The molecular weight excluding hydrogens is 232 g/mol. The summed E-state index contributed by atoms with van der Waals surface area (Å²) in [5.41, 5.74) is 0.344. The highest BCUT2D eigenvalue weighted by Crippen LogP contribution is 2.17. The molecule has 0 aliphatic heterocycles. The van der Waals surface area contributed by atoms with Crippen LogP contribution in [0, 0.1) is 5.92 Å². The third kappa shape index (κ3) is 12.5. The Hall–Kier alpha value is -1.58. The topological polar surface area (TPSA) is 74.6 Å². The van der Waals surface area contributed by atoms with Crippen LogP contribution in [0.1, 0.15) is 46.0 Å². The number of rotatable bonds is 8. The lowest BCUT2D eigenvalue weighted by atomic mass is 9.96. The normalized spacial score (nSPS) is 10.8. The van der Waals surface area contributed by atoms with Gasteiger partial charge in [-0.2, -0.15) is 0 Å². The van der Waals surface area contributed by atoms with Crippen molar-refractivity contribution < 1.29 is 19.8 Å². The Morgan fingerprint density at radius 2 is 1.72 bits per heavy atom. The van der Waals surface area contributed by atoms with E-state index in [1.165, 1.54) is 19.3 Å². The van der Waals surface area contributed by atoms with Gasteiger partial charge in [0, 0.05) is 11.6 Å². The summed E-state index contributed by atoms with van der Waals surface area (Å²) in [6.45, 7) is 10.6. The Morgan fingerprint density at radius 3 is 2.06 bits per heavy atom. The molecule has 0 aromatic carbocycles. The highest BCUT2D eigenvalue weighted by molar-refractivity contribution is 5.86. The van der Waals surface area contributed by atoms with Gasteiger partial charge in [-0.15, -0.1) is 0 Å².